The summed E-state index contributed by atoms with van der Waals surface area (Å²) in [4.78, 5) is 15.6. The lowest BCUT2D eigenvalue weighted by Gasteiger charge is -2.28. The maximum absolute atomic E-state index is 5.85. The normalized spacial score (nSPS) is 15.0. The summed E-state index contributed by atoms with van der Waals surface area (Å²) in [6.07, 6.45) is 0. The van der Waals surface area contributed by atoms with Gasteiger partial charge >= 0.3 is 0 Å². The Bertz CT molecular complexity index is 845. The zero-order chi connectivity index (χ0) is 16.4. The molecule has 1 aliphatic rings. The molecule has 1 fully saturated rings. The molecule has 3 heterocycles. The molecule has 3 aromatic rings. The molecule has 0 bridgehead atoms. The molecule has 4 rings (SSSR count). The van der Waals surface area contributed by atoms with E-state index >= 15 is 0 Å². The largest absolute Gasteiger partial charge is 0.465 e. The summed E-state index contributed by atoms with van der Waals surface area (Å²) in [5, 5.41) is 3.76. The van der Waals surface area contributed by atoms with E-state index < -0.39 is 0 Å². The highest BCUT2D eigenvalue weighted by molar-refractivity contribution is 5.77. The third-order valence-electron chi connectivity index (χ3n) is 3.73. The van der Waals surface area contributed by atoms with Gasteiger partial charge in [0.2, 0.25) is 0 Å². The van der Waals surface area contributed by atoms with Crippen LogP contribution in [0.4, 0.5) is 5.82 Å². The second-order valence-electron chi connectivity index (χ2n) is 5.46. The lowest BCUT2D eigenvalue weighted by Crippen LogP contribution is -2.37. The number of hydrogen-bond acceptors (Lipinski definition) is 8. The van der Waals surface area contributed by atoms with E-state index in [4.69, 9.17) is 19.0 Å². The molecule has 0 radical (unpaired) electrons. The van der Waals surface area contributed by atoms with Crippen molar-refractivity contribution in [3.63, 3.8) is 0 Å². The lowest BCUT2D eigenvalue weighted by atomic mass is 10.3. The first kappa shape index (κ1) is 14.8. The number of morpholine rings is 1. The van der Waals surface area contributed by atoms with E-state index in [9.17, 15) is 0 Å². The van der Waals surface area contributed by atoms with Gasteiger partial charge in [-0.2, -0.15) is 4.98 Å². The van der Waals surface area contributed by atoms with Crippen LogP contribution < -0.4 is 9.64 Å². The highest BCUT2D eigenvalue weighted by Gasteiger charge is 2.20. The number of anilines is 1. The van der Waals surface area contributed by atoms with Crippen LogP contribution in [0.5, 0.6) is 5.88 Å². The van der Waals surface area contributed by atoms with Gasteiger partial charge in [-0.1, -0.05) is 17.3 Å². The number of aryl methyl sites for hydroxylation is 1. The molecule has 2 aromatic heterocycles. The molecule has 24 heavy (non-hydrogen) atoms. The topological polar surface area (TPSA) is 86.4 Å². The minimum atomic E-state index is 0.158. The van der Waals surface area contributed by atoms with Crippen LogP contribution in [0.25, 0.3) is 11.0 Å². The van der Waals surface area contributed by atoms with Crippen LogP contribution in [-0.2, 0) is 11.3 Å². The zero-order valence-electron chi connectivity index (χ0n) is 13.3. The van der Waals surface area contributed by atoms with Gasteiger partial charge in [0.05, 0.1) is 24.2 Å². The van der Waals surface area contributed by atoms with Crippen molar-refractivity contribution in [2.45, 2.75) is 13.5 Å². The number of hydrogen-bond donors (Lipinski definition) is 0. The monoisotopic (exact) mass is 327 g/mol. The molecule has 0 spiro atoms. The standard InChI is InChI=1S/C16H17N5O3/c1-11-17-14(24-20-11)10-23-16-15(21-6-8-22-9-7-21)18-12-4-2-3-5-13(12)19-16/h2-5H,6-10H2,1H3. The van der Waals surface area contributed by atoms with Crippen molar-refractivity contribution >= 4 is 16.9 Å². The van der Waals surface area contributed by atoms with Gasteiger partial charge < -0.3 is 18.9 Å². The molecule has 1 aliphatic heterocycles. The Morgan fingerprint density at radius 2 is 1.83 bits per heavy atom. The Balaban J connectivity index is 1.67. The van der Waals surface area contributed by atoms with E-state index in [0.717, 1.165) is 24.1 Å². The first-order valence-corrected chi connectivity index (χ1v) is 7.81. The Morgan fingerprint density at radius 1 is 1.08 bits per heavy atom. The third-order valence-corrected chi connectivity index (χ3v) is 3.73. The van der Waals surface area contributed by atoms with Crippen molar-refractivity contribution in [3.8, 4) is 5.88 Å². The molecule has 8 heteroatoms. The van der Waals surface area contributed by atoms with E-state index in [1.54, 1.807) is 6.92 Å². The summed E-state index contributed by atoms with van der Waals surface area (Å²) in [7, 11) is 0. The van der Waals surface area contributed by atoms with Crippen LogP contribution in [0.2, 0.25) is 0 Å². The van der Waals surface area contributed by atoms with Crippen LogP contribution in [0, 0.1) is 6.92 Å². The van der Waals surface area contributed by atoms with E-state index in [1.165, 1.54) is 0 Å². The van der Waals surface area contributed by atoms with Gasteiger partial charge in [0, 0.05) is 13.1 Å². The molecule has 1 aromatic carbocycles. The maximum Gasteiger partial charge on any atom is 0.264 e. The zero-order valence-corrected chi connectivity index (χ0v) is 13.3. The fourth-order valence-corrected chi connectivity index (χ4v) is 2.58. The molecule has 0 aliphatic carbocycles. The van der Waals surface area contributed by atoms with Crippen LogP contribution in [-0.4, -0.2) is 46.4 Å². The quantitative estimate of drug-likeness (QED) is 0.716. The fraction of sp³-hybridized carbons (Fsp3) is 0.375. The highest BCUT2D eigenvalue weighted by Crippen LogP contribution is 2.28. The minimum absolute atomic E-state index is 0.158. The van der Waals surface area contributed by atoms with Crippen molar-refractivity contribution in [1.29, 1.82) is 0 Å². The maximum atomic E-state index is 5.85. The van der Waals surface area contributed by atoms with Crippen LogP contribution in [0.1, 0.15) is 11.7 Å². The Labute approximate surface area is 138 Å². The second kappa shape index (κ2) is 6.40. The van der Waals surface area contributed by atoms with Gasteiger partial charge in [0.15, 0.2) is 18.2 Å². The molecule has 1 saturated heterocycles. The highest BCUT2D eigenvalue weighted by atomic mass is 16.5. The van der Waals surface area contributed by atoms with E-state index in [1.807, 2.05) is 24.3 Å². The number of rotatable bonds is 4. The molecule has 0 saturated carbocycles. The van der Waals surface area contributed by atoms with Crippen molar-refractivity contribution < 1.29 is 14.0 Å². The number of aromatic nitrogens is 4. The molecule has 8 nitrogen and oxygen atoms in total. The summed E-state index contributed by atoms with van der Waals surface area (Å²) in [6.45, 7) is 4.76. The first-order chi connectivity index (χ1) is 11.8. The van der Waals surface area contributed by atoms with Gasteiger partial charge in [0.25, 0.3) is 11.8 Å². The molecule has 0 N–H and O–H groups in total. The second-order valence-corrected chi connectivity index (χ2v) is 5.46. The Hall–Kier alpha value is -2.74. The Kier molecular flexibility index (Phi) is 3.96. The number of benzene rings is 1. The van der Waals surface area contributed by atoms with Crippen LogP contribution >= 0.6 is 0 Å². The summed E-state index contributed by atoms with van der Waals surface area (Å²) in [6, 6.07) is 7.73. The average molecular weight is 327 g/mol. The number of fused-ring (bicyclic) bond motifs is 1. The van der Waals surface area contributed by atoms with Crippen molar-refractivity contribution in [2.75, 3.05) is 31.2 Å². The van der Waals surface area contributed by atoms with Crippen molar-refractivity contribution in [2.24, 2.45) is 0 Å². The van der Waals surface area contributed by atoms with Crippen LogP contribution in [0.3, 0.4) is 0 Å². The van der Waals surface area contributed by atoms with E-state index in [2.05, 4.69) is 20.0 Å². The SMILES string of the molecule is Cc1noc(COc2nc3ccccc3nc2N2CCOCC2)n1. The van der Waals surface area contributed by atoms with Crippen LogP contribution in [0.15, 0.2) is 28.8 Å². The molecule has 124 valence electrons. The van der Waals surface area contributed by atoms with Gasteiger partial charge in [0.1, 0.15) is 0 Å². The Morgan fingerprint density at radius 3 is 2.54 bits per heavy atom. The molecular weight excluding hydrogens is 310 g/mol. The summed E-state index contributed by atoms with van der Waals surface area (Å²) in [5.41, 5.74) is 1.62. The smallest absolute Gasteiger partial charge is 0.264 e. The summed E-state index contributed by atoms with van der Waals surface area (Å²) in [5.74, 6) is 2.17. The predicted molar refractivity (Wildman–Crippen MR) is 85.9 cm³/mol. The number of para-hydroxylation sites is 2. The van der Waals surface area contributed by atoms with Crippen molar-refractivity contribution in [3.05, 3.63) is 36.0 Å². The molecule has 0 amide bonds. The van der Waals surface area contributed by atoms with Gasteiger partial charge in [-0.15, -0.1) is 0 Å². The van der Waals surface area contributed by atoms with Crippen molar-refractivity contribution in [1.82, 2.24) is 20.1 Å². The molecule has 0 atom stereocenters. The van der Waals surface area contributed by atoms with Gasteiger partial charge in [-0.05, 0) is 19.1 Å². The fourth-order valence-electron chi connectivity index (χ4n) is 2.58. The first-order valence-electron chi connectivity index (χ1n) is 7.81. The van der Waals surface area contributed by atoms with Gasteiger partial charge in [-0.25, -0.2) is 9.97 Å². The minimum Gasteiger partial charge on any atom is -0.465 e. The number of nitrogens with zero attached hydrogens (tertiary/aromatic N) is 5. The lowest BCUT2D eigenvalue weighted by molar-refractivity contribution is 0.121. The molecule has 0 unspecified atom stereocenters. The average Bonchev–Trinajstić information content (AvgIpc) is 3.05. The summed E-state index contributed by atoms with van der Waals surface area (Å²) < 4.78 is 16.4. The number of ether oxygens (including phenoxy) is 2. The van der Waals surface area contributed by atoms with E-state index in [-0.39, 0.29) is 6.61 Å². The molecular formula is C16H17N5O3. The predicted octanol–water partition coefficient (Wildman–Crippen LogP) is 1.74. The van der Waals surface area contributed by atoms with Gasteiger partial charge in [-0.3, -0.25) is 0 Å². The van der Waals surface area contributed by atoms with E-state index in [0.29, 0.717) is 36.6 Å². The third kappa shape index (κ3) is 3.00. The summed E-state index contributed by atoms with van der Waals surface area (Å²) >= 11 is 0.